The molecule has 1 aromatic rings. The topological polar surface area (TPSA) is 80.5 Å². The van der Waals surface area contributed by atoms with Gasteiger partial charge in [0, 0.05) is 18.0 Å². The van der Waals surface area contributed by atoms with Crippen molar-refractivity contribution in [2.75, 3.05) is 6.54 Å². The normalized spacial score (nSPS) is 20.3. The van der Waals surface area contributed by atoms with Crippen molar-refractivity contribution in [3.63, 3.8) is 0 Å². The van der Waals surface area contributed by atoms with Crippen molar-refractivity contribution >= 4 is 27.3 Å². The Morgan fingerprint density at radius 3 is 2.71 bits per heavy atom. The van der Waals surface area contributed by atoms with Gasteiger partial charge in [0.25, 0.3) is 5.91 Å². The van der Waals surface area contributed by atoms with E-state index in [1.54, 1.807) is 12.3 Å². The fourth-order valence-corrected chi connectivity index (χ4v) is 4.92. The van der Waals surface area contributed by atoms with Gasteiger partial charge < -0.3 is 4.90 Å². The van der Waals surface area contributed by atoms with Gasteiger partial charge in [-0.2, -0.15) is 0 Å². The van der Waals surface area contributed by atoms with Crippen molar-refractivity contribution in [3.8, 4) is 0 Å². The van der Waals surface area contributed by atoms with Crippen LogP contribution in [0, 0.1) is 6.92 Å². The average molecular weight is 330 g/mol. The average Bonchev–Trinajstić information content (AvgIpc) is 2.67. The second-order valence-electron chi connectivity index (χ2n) is 5.52. The standard InChI is InChI=1S/C14H22N2O3S2/c1-3-11-7-5-4-6-8-16(11)13(17)12-9-20-14(10(12)2)21(15,18)19/h9,11H,3-8H2,1-2H3,(H2,15,18,19). The van der Waals surface area contributed by atoms with Crippen molar-refractivity contribution in [1.29, 1.82) is 0 Å². The highest BCUT2D eigenvalue weighted by molar-refractivity contribution is 7.91. The van der Waals surface area contributed by atoms with Gasteiger partial charge in [0.15, 0.2) is 0 Å². The van der Waals surface area contributed by atoms with E-state index in [0.29, 0.717) is 11.1 Å². The van der Waals surface area contributed by atoms with E-state index >= 15 is 0 Å². The largest absolute Gasteiger partial charge is 0.336 e. The minimum atomic E-state index is -3.76. The first kappa shape index (κ1) is 16.5. The maximum Gasteiger partial charge on any atom is 0.255 e. The fourth-order valence-electron chi connectivity index (χ4n) is 2.91. The molecule has 0 bridgehead atoms. The van der Waals surface area contributed by atoms with Crippen LogP contribution < -0.4 is 5.14 Å². The van der Waals surface area contributed by atoms with E-state index in [1.165, 1.54) is 0 Å². The van der Waals surface area contributed by atoms with Crippen LogP contribution in [0.15, 0.2) is 9.59 Å². The lowest BCUT2D eigenvalue weighted by atomic mass is 10.1. The van der Waals surface area contributed by atoms with Crippen LogP contribution in [-0.4, -0.2) is 31.8 Å². The Hall–Kier alpha value is -0.920. The molecule has 1 atom stereocenters. The number of hydrogen-bond donors (Lipinski definition) is 1. The molecule has 2 N–H and O–H groups in total. The van der Waals surface area contributed by atoms with Gasteiger partial charge in [0.2, 0.25) is 10.0 Å². The van der Waals surface area contributed by atoms with E-state index in [1.807, 2.05) is 4.90 Å². The number of sulfonamides is 1. The molecule has 1 fully saturated rings. The molecule has 0 aliphatic carbocycles. The molecule has 5 nitrogen and oxygen atoms in total. The predicted molar refractivity (Wildman–Crippen MR) is 84.0 cm³/mol. The summed E-state index contributed by atoms with van der Waals surface area (Å²) in [5.41, 5.74) is 0.955. The summed E-state index contributed by atoms with van der Waals surface area (Å²) >= 11 is 1.03. The molecule has 118 valence electrons. The van der Waals surface area contributed by atoms with Gasteiger partial charge in [-0.15, -0.1) is 11.3 Å². The fraction of sp³-hybridized carbons (Fsp3) is 0.643. The highest BCUT2D eigenvalue weighted by Crippen LogP contribution is 2.29. The van der Waals surface area contributed by atoms with Crippen molar-refractivity contribution in [1.82, 2.24) is 4.90 Å². The number of nitrogens with zero attached hydrogens (tertiary/aromatic N) is 1. The second kappa shape index (κ2) is 6.46. The molecule has 1 aromatic heterocycles. The Morgan fingerprint density at radius 2 is 2.14 bits per heavy atom. The van der Waals surface area contributed by atoms with Crippen LogP contribution in [0.25, 0.3) is 0 Å². The summed E-state index contributed by atoms with van der Waals surface area (Å²) in [6.45, 7) is 4.49. The smallest absolute Gasteiger partial charge is 0.255 e. The number of carbonyl (C=O) groups is 1. The Kier molecular flexibility index (Phi) is 5.06. The Labute approximate surface area is 130 Å². The van der Waals surface area contributed by atoms with Crippen molar-refractivity contribution < 1.29 is 13.2 Å². The zero-order valence-corrected chi connectivity index (χ0v) is 14.1. The molecule has 0 spiro atoms. The number of nitrogens with two attached hydrogens (primary N) is 1. The summed E-state index contributed by atoms with van der Waals surface area (Å²) in [7, 11) is -3.76. The number of amides is 1. The molecule has 0 aromatic carbocycles. The third kappa shape index (κ3) is 3.46. The first-order valence-corrected chi connectivity index (χ1v) is 9.70. The highest BCUT2D eigenvalue weighted by Gasteiger charge is 2.28. The summed E-state index contributed by atoms with van der Waals surface area (Å²) in [5, 5.41) is 6.81. The Morgan fingerprint density at radius 1 is 1.43 bits per heavy atom. The van der Waals surface area contributed by atoms with Gasteiger partial charge in [0.1, 0.15) is 4.21 Å². The summed E-state index contributed by atoms with van der Waals surface area (Å²) in [5.74, 6) is -0.0626. The summed E-state index contributed by atoms with van der Waals surface area (Å²) in [6, 6.07) is 0.247. The third-order valence-corrected chi connectivity index (χ3v) is 6.77. The van der Waals surface area contributed by atoms with Crippen LogP contribution in [0.2, 0.25) is 0 Å². The van der Waals surface area contributed by atoms with Crippen molar-refractivity contribution in [2.24, 2.45) is 5.14 Å². The summed E-state index contributed by atoms with van der Waals surface area (Å²) < 4.78 is 23.1. The van der Waals surface area contributed by atoms with Gasteiger partial charge >= 0.3 is 0 Å². The van der Waals surface area contributed by atoms with E-state index in [9.17, 15) is 13.2 Å². The molecule has 1 amide bonds. The Bertz CT molecular complexity index is 622. The second-order valence-corrected chi connectivity index (χ2v) is 8.15. The van der Waals surface area contributed by atoms with Crippen LogP contribution in [0.3, 0.4) is 0 Å². The molecule has 1 saturated heterocycles. The molecule has 1 unspecified atom stereocenters. The van der Waals surface area contributed by atoms with E-state index in [2.05, 4.69) is 6.92 Å². The highest BCUT2D eigenvalue weighted by atomic mass is 32.2. The molecular weight excluding hydrogens is 308 g/mol. The SMILES string of the molecule is CCC1CCCCCN1C(=O)c1csc(S(N)(=O)=O)c1C. The molecule has 0 saturated carbocycles. The number of rotatable bonds is 3. The lowest BCUT2D eigenvalue weighted by Crippen LogP contribution is -2.39. The number of carbonyl (C=O) groups excluding carboxylic acids is 1. The molecule has 2 heterocycles. The van der Waals surface area contributed by atoms with Crippen molar-refractivity contribution in [2.45, 2.75) is 56.2 Å². The molecule has 2 rings (SSSR count). The van der Waals surface area contributed by atoms with Crippen LogP contribution >= 0.6 is 11.3 Å². The lowest BCUT2D eigenvalue weighted by molar-refractivity contribution is 0.0678. The minimum absolute atomic E-state index is 0.0626. The van der Waals surface area contributed by atoms with Crippen molar-refractivity contribution in [3.05, 3.63) is 16.5 Å². The molecule has 21 heavy (non-hydrogen) atoms. The molecule has 1 aliphatic heterocycles. The minimum Gasteiger partial charge on any atom is -0.336 e. The first-order chi connectivity index (χ1) is 9.86. The molecule has 0 radical (unpaired) electrons. The van der Waals surface area contributed by atoms with Crippen LogP contribution in [0.1, 0.15) is 54.9 Å². The van der Waals surface area contributed by atoms with Crippen LogP contribution in [0.5, 0.6) is 0 Å². The maximum atomic E-state index is 12.8. The van der Waals surface area contributed by atoms with Gasteiger partial charge in [0.05, 0.1) is 5.56 Å². The molecular formula is C14H22N2O3S2. The molecule has 7 heteroatoms. The summed E-state index contributed by atoms with van der Waals surface area (Å²) in [4.78, 5) is 14.7. The number of thiophene rings is 1. The maximum absolute atomic E-state index is 12.8. The number of primary sulfonamides is 1. The zero-order valence-electron chi connectivity index (χ0n) is 12.5. The quantitative estimate of drug-likeness (QED) is 0.924. The van der Waals surface area contributed by atoms with Crippen LogP contribution in [-0.2, 0) is 10.0 Å². The lowest BCUT2D eigenvalue weighted by Gasteiger charge is -2.29. The van der Waals surface area contributed by atoms with Crippen LogP contribution in [0.4, 0.5) is 0 Å². The summed E-state index contributed by atoms with van der Waals surface area (Å²) in [6.07, 6.45) is 5.25. The predicted octanol–water partition coefficient (Wildman–Crippen LogP) is 2.50. The van der Waals surface area contributed by atoms with Gasteiger partial charge in [-0.3, -0.25) is 4.79 Å². The number of hydrogen-bond acceptors (Lipinski definition) is 4. The van der Waals surface area contributed by atoms with E-state index in [4.69, 9.17) is 5.14 Å². The van der Waals surface area contributed by atoms with E-state index < -0.39 is 10.0 Å². The molecule has 1 aliphatic rings. The van der Waals surface area contributed by atoms with E-state index in [-0.39, 0.29) is 16.2 Å². The third-order valence-electron chi connectivity index (χ3n) is 4.09. The number of likely N-dealkylation sites (tertiary alicyclic amines) is 1. The first-order valence-electron chi connectivity index (χ1n) is 7.28. The van der Waals surface area contributed by atoms with Gasteiger partial charge in [-0.25, -0.2) is 13.6 Å². The Balaban J connectivity index is 2.33. The monoisotopic (exact) mass is 330 g/mol. The van der Waals surface area contributed by atoms with Gasteiger partial charge in [-0.1, -0.05) is 19.8 Å². The van der Waals surface area contributed by atoms with E-state index in [0.717, 1.165) is 50.0 Å². The van der Waals surface area contributed by atoms with Gasteiger partial charge in [-0.05, 0) is 31.7 Å². The zero-order chi connectivity index (χ0) is 15.6.